The fourth-order valence-electron chi connectivity index (χ4n) is 3.16. The van der Waals surface area contributed by atoms with Crippen molar-refractivity contribution in [1.29, 1.82) is 0 Å². The van der Waals surface area contributed by atoms with Gasteiger partial charge in [0.25, 0.3) is 5.91 Å². The Hall–Kier alpha value is -4.44. The normalized spacial score (nSPS) is 11.9. The lowest BCUT2D eigenvalue weighted by molar-refractivity contribution is -0.275. The molecule has 1 amide bonds. The number of ether oxygens (including phenoxy) is 4. The van der Waals surface area contributed by atoms with Crippen molar-refractivity contribution in [3.8, 4) is 23.0 Å². The predicted molar refractivity (Wildman–Crippen MR) is 129 cm³/mol. The first kappa shape index (κ1) is 32.1. The van der Waals surface area contributed by atoms with Crippen molar-refractivity contribution in [1.82, 2.24) is 4.98 Å². The topological polar surface area (TPSA) is 96.0 Å². The molecular formula is C23H11B3F8N2O6. The molecule has 0 aliphatic carbocycles. The molecule has 0 aliphatic heterocycles. The van der Waals surface area contributed by atoms with Gasteiger partial charge in [-0.25, -0.2) is 14.2 Å². The molecule has 3 aromatic rings. The summed E-state index contributed by atoms with van der Waals surface area (Å²) in [7, 11) is 16.7. The molecule has 0 bridgehead atoms. The van der Waals surface area contributed by atoms with E-state index in [1.165, 1.54) is 0 Å². The van der Waals surface area contributed by atoms with E-state index in [9.17, 15) is 40.3 Å². The monoisotopic (exact) mass is 596 g/mol. The minimum absolute atomic E-state index is 0.0584. The highest BCUT2D eigenvalue weighted by atomic mass is 19.4. The number of hydrogen-bond donors (Lipinski definition) is 1. The smallest absolute Gasteiger partial charge is 0.510 e. The summed E-state index contributed by atoms with van der Waals surface area (Å²) < 4.78 is 126. The van der Waals surface area contributed by atoms with Crippen LogP contribution < -0.4 is 19.5 Å². The molecule has 0 fully saturated rings. The van der Waals surface area contributed by atoms with Crippen LogP contribution >= 0.6 is 0 Å². The average molecular weight is 596 g/mol. The van der Waals surface area contributed by atoms with E-state index in [4.69, 9.17) is 28.3 Å². The Morgan fingerprint density at radius 1 is 0.881 bits per heavy atom. The number of methoxy groups -OCH3 is 1. The molecule has 19 heteroatoms. The number of carbonyl (C=O) groups excluding carboxylic acids is 2. The minimum atomic E-state index is -5.41. The van der Waals surface area contributed by atoms with Crippen LogP contribution in [0.15, 0.2) is 42.6 Å². The standard InChI is InChI=1S/C23H11B3F8N2O6/c1-39-20(38)12-8-10(4-5-35-12)36-19(37)16-11(27)6-9(21(29,30)31)7-15(16)40-14-3-2-13(41-23(32,33)34)17(28)18(14)42-22(24,25)26/h2-8H,1H3,(H,35,36,37). The van der Waals surface area contributed by atoms with Gasteiger partial charge in [-0.3, -0.25) is 4.79 Å². The second kappa shape index (κ2) is 11.8. The van der Waals surface area contributed by atoms with Crippen molar-refractivity contribution in [2.45, 2.75) is 17.8 Å². The molecule has 6 radical (unpaired) electrons. The third-order valence-electron chi connectivity index (χ3n) is 4.77. The highest BCUT2D eigenvalue weighted by Crippen LogP contribution is 2.43. The van der Waals surface area contributed by atoms with Crippen LogP contribution in [0.3, 0.4) is 0 Å². The zero-order valence-corrected chi connectivity index (χ0v) is 20.7. The van der Waals surface area contributed by atoms with Crippen molar-refractivity contribution >= 4 is 41.1 Å². The number of rotatable bonds is 8. The van der Waals surface area contributed by atoms with Crippen molar-refractivity contribution in [2.75, 3.05) is 12.4 Å². The zero-order valence-electron chi connectivity index (χ0n) is 20.7. The summed E-state index contributed by atoms with van der Waals surface area (Å²) in [5.74, 6) is -11.4. The van der Waals surface area contributed by atoms with Gasteiger partial charge < -0.3 is 24.3 Å². The van der Waals surface area contributed by atoms with Gasteiger partial charge in [0.15, 0.2) is 17.2 Å². The number of nitrogens with zero attached hydrogens (tertiary/aromatic N) is 1. The molecule has 42 heavy (non-hydrogen) atoms. The lowest BCUT2D eigenvalue weighted by Crippen LogP contribution is -2.38. The van der Waals surface area contributed by atoms with Gasteiger partial charge in [0.1, 0.15) is 46.4 Å². The summed E-state index contributed by atoms with van der Waals surface area (Å²) >= 11 is 0. The molecule has 2 aromatic carbocycles. The summed E-state index contributed by atoms with van der Waals surface area (Å²) in [6.07, 6.45) is -9.58. The molecule has 1 aromatic heterocycles. The van der Waals surface area contributed by atoms with Crippen molar-refractivity contribution < 1.29 is 63.7 Å². The number of esters is 1. The largest absolute Gasteiger partial charge is 0.573 e. The maximum atomic E-state index is 15.0. The lowest BCUT2D eigenvalue weighted by atomic mass is 9.52. The fraction of sp³-hybridized carbons (Fsp3) is 0.174. The van der Waals surface area contributed by atoms with Gasteiger partial charge in [-0.05, 0) is 41.7 Å². The van der Waals surface area contributed by atoms with Crippen molar-refractivity contribution in [3.05, 3.63) is 71.1 Å². The van der Waals surface area contributed by atoms with Gasteiger partial charge in [0.05, 0.1) is 12.7 Å². The molecule has 0 spiro atoms. The highest BCUT2D eigenvalue weighted by Gasteiger charge is 2.36. The molecule has 3 rings (SSSR count). The van der Waals surface area contributed by atoms with Crippen LogP contribution in [0, 0.1) is 11.6 Å². The second-order valence-electron chi connectivity index (χ2n) is 8.01. The molecule has 0 aliphatic rings. The Morgan fingerprint density at radius 2 is 1.52 bits per heavy atom. The van der Waals surface area contributed by atoms with Crippen LogP contribution in [0.4, 0.5) is 40.8 Å². The Morgan fingerprint density at radius 3 is 2.10 bits per heavy atom. The van der Waals surface area contributed by atoms with E-state index in [2.05, 4.69) is 24.5 Å². The van der Waals surface area contributed by atoms with Crippen LogP contribution in [0.5, 0.6) is 23.0 Å². The van der Waals surface area contributed by atoms with Gasteiger partial charge in [-0.1, -0.05) is 0 Å². The molecule has 1 heterocycles. The van der Waals surface area contributed by atoms with E-state index in [0.717, 1.165) is 25.4 Å². The van der Waals surface area contributed by atoms with Crippen molar-refractivity contribution in [2.24, 2.45) is 0 Å². The summed E-state index contributed by atoms with van der Waals surface area (Å²) in [6.45, 7) is 0. The first-order valence-electron chi connectivity index (χ1n) is 10.9. The molecule has 8 nitrogen and oxygen atoms in total. The third-order valence-corrected chi connectivity index (χ3v) is 4.77. The van der Waals surface area contributed by atoms with Crippen LogP contribution in [0.1, 0.15) is 26.4 Å². The van der Waals surface area contributed by atoms with Gasteiger partial charge in [0, 0.05) is 11.9 Å². The highest BCUT2D eigenvalue weighted by molar-refractivity contribution is 6.58. The Balaban J connectivity index is 2.15. The summed E-state index contributed by atoms with van der Waals surface area (Å²) in [6, 6.07) is 3.00. The van der Waals surface area contributed by atoms with Crippen LogP contribution in [0.25, 0.3) is 0 Å². The summed E-state index contributed by atoms with van der Waals surface area (Å²) in [5, 5.41) is -0.694. The van der Waals surface area contributed by atoms with Crippen LogP contribution in [-0.4, -0.2) is 59.2 Å². The number of hydrogen-bond acceptors (Lipinski definition) is 7. The van der Waals surface area contributed by atoms with E-state index in [0.29, 0.717) is 12.1 Å². The summed E-state index contributed by atoms with van der Waals surface area (Å²) in [4.78, 5) is 28.4. The number of pyridine rings is 1. The molecular weight excluding hydrogens is 585 g/mol. The molecule has 1 N–H and O–H groups in total. The van der Waals surface area contributed by atoms with E-state index in [1.807, 2.05) is 0 Å². The number of alkyl halides is 6. The summed E-state index contributed by atoms with van der Waals surface area (Å²) in [5.41, 5.74) is -3.41. The Kier molecular flexibility index (Phi) is 9.03. The van der Waals surface area contributed by atoms with E-state index in [-0.39, 0.29) is 23.5 Å². The van der Waals surface area contributed by atoms with E-state index >= 15 is 4.39 Å². The Labute approximate surface area is 234 Å². The minimum Gasteiger partial charge on any atom is -0.510 e. The van der Waals surface area contributed by atoms with Crippen LogP contribution in [0.2, 0.25) is 0 Å². The van der Waals surface area contributed by atoms with Crippen molar-refractivity contribution in [3.63, 3.8) is 0 Å². The molecule has 0 unspecified atom stereocenters. The lowest BCUT2D eigenvalue weighted by Gasteiger charge is -2.26. The van der Waals surface area contributed by atoms with Crippen LogP contribution in [-0.2, 0) is 10.9 Å². The molecule has 214 valence electrons. The third kappa shape index (κ3) is 8.07. The average Bonchev–Trinajstić information content (AvgIpc) is 2.85. The van der Waals surface area contributed by atoms with E-state index < -0.39 is 75.5 Å². The number of halogens is 8. The van der Waals surface area contributed by atoms with E-state index in [1.54, 1.807) is 0 Å². The first-order valence-corrected chi connectivity index (χ1v) is 10.9. The number of anilines is 1. The number of nitrogens with one attached hydrogen (secondary N) is 1. The maximum Gasteiger partial charge on any atom is 0.573 e. The fourth-order valence-corrected chi connectivity index (χ4v) is 3.16. The Bertz CT molecular complexity index is 1510. The quantitative estimate of drug-likeness (QED) is 0.231. The van der Waals surface area contributed by atoms with Gasteiger partial charge in [-0.2, -0.15) is 17.6 Å². The number of aromatic nitrogens is 1. The zero-order chi connectivity index (χ0) is 31.6. The predicted octanol–water partition coefficient (Wildman–Crippen LogP) is 4.60. The first-order chi connectivity index (χ1) is 19.3. The molecule has 0 saturated carbocycles. The SMILES string of the molecule is [B]C([B])([B])Oc1c(Oc2cc(C(F)(F)F)cc(F)c2C(=O)Nc2ccnc(C(=O)OC)c2)ccc(OC(F)(F)F)c1F. The second-order valence-corrected chi connectivity index (χ2v) is 8.01. The maximum absolute atomic E-state index is 15.0. The molecule has 0 saturated heterocycles. The van der Waals surface area contributed by atoms with Gasteiger partial charge >= 0.3 is 18.5 Å². The number of benzene rings is 2. The number of carbonyl (C=O) groups is 2. The van der Waals surface area contributed by atoms with Gasteiger partial charge in [-0.15, -0.1) is 13.2 Å². The number of amides is 1. The van der Waals surface area contributed by atoms with Gasteiger partial charge in [0.2, 0.25) is 5.82 Å². The molecule has 0 atom stereocenters.